The topological polar surface area (TPSA) is 49.7 Å². The predicted molar refractivity (Wildman–Crippen MR) is 26.7 cm³/mol. The summed E-state index contributed by atoms with van der Waals surface area (Å²) in [6.45, 7) is -0.991. The van der Waals surface area contributed by atoms with E-state index in [0.29, 0.717) is 7.69 Å². The Labute approximate surface area is 39.3 Å². The molecule has 0 spiro atoms. The van der Waals surface area contributed by atoms with Crippen LogP contribution in [0.1, 0.15) is 0 Å². The Morgan fingerprint density at radius 1 is 1.83 bits per heavy atom. The Balaban J connectivity index is 2.63. The smallest absolute Gasteiger partial charge is 0.450 e. The lowest BCUT2D eigenvalue weighted by Crippen LogP contribution is -2.11. The molecule has 0 aliphatic rings. The van der Waals surface area contributed by atoms with Gasteiger partial charge in [-0.05, 0) is 0 Å². The number of hydrogen-bond donors (Lipinski definition) is 2. The summed E-state index contributed by atoms with van der Waals surface area (Å²) in [5.74, 6) is 0. The van der Waals surface area contributed by atoms with Crippen LogP contribution in [0.2, 0.25) is 0 Å². The summed E-state index contributed by atoms with van der Waals surface area (Å²) in [6.07, 6.45) is 0. The standard InChI is InChI=1S/B2H4O3P/c3-1-5-2(4)6/h3-4H,6H2. The van der Waals surface area contributed by atoms with E-state index >= 15 is 0 Å². The van der Waals surface area contributed by atoms with E-state index in [9.17, 15) is 0 Å². The maximum atomic E-state index is 8.10. The van der Waals surface area contributed by atoms with Crippen LogP contribution < -0.4 is 0 Å². The maximum Gasteiger partial charge on any atom is 0.470 e. The molecule has 0 aliphatic heterocycles. The second-order valence-corrected chi connectivity index (χ2v) is 1.20. The molecule has 0 aromatic carbocycles. The minimum atomic E-state index is -0.991. The predicted octanol–water partition coefficient (Wildman–Crippen LogP) is -1.62. The third kappa shape index (κ3) is 4.44. The Kier molecular flexibility index (Phi) is 3.89. The second kappa shape index (κ2) is 3.62. The molecule has 0 heterocycles. The molecule has 33 valence electrons. The molecule has 0 aliphatic carbocycles. The van der Waals surface area contributed by atoms with E-state index in [1.807, 2.05) is 9.12 Å². The van der Waals surface area contributed by atoms with E-state index in [-0.39, 0.29) is 0 Å². The van der Waals surface area contributed by atoms with Crippen molar-refractivity contribution in [2.45, 2.75) is 0 Å². The van der Waals surface area contributed by atoms with Crippen LogP contribution in [0.4, 0.5) is 0 Å². The molecule has 6 heavy (non-hydrogen) atoms. The average molecular weight is 105 g/mol. The Morgan fingerprint density at radius 3 is 2.33 bits per heavy atom. The Morgan fingerprint density at radius 2 is 2.33 bits per heavy atom. The van der Waals surface area contributed by atoms with Gasteiger partial charge in [-0.15, -0.1) is 9.12 Å². The molecule has 0 bridgehead atoms. The van der Waals surface area contributed by atoms with Gasteiger partial charge in [0.1, 0.15) is 0 Å². The molecule has 0 saturated heterocycles. The third-order valence-electron chi connectivity index (χ3n) is 0.200. The lowest BCUT2D eigenvalue weighted by molar-refractivity contribution is 0.401. The summed E-state index contributed by atoms with van der Waals surface area (Å²) < 4.78 is 3.99. The molecule has 0 rings (SSSR count). The second-order valence-electron chi connectivity index (χ2n) is 0.632. The van der Waals surface area contributed by atoms with Crippen LogP contribution in [0.15, 0.2) is 0 Å². The van der Waals surface area contributed by atoms with Crippen LogP contribution in [0, 0.1) is 0 Å². The number of rotatable bonds is 2. The molecule has 0 amide bonds. The van der Waals surface area contributed by atoms with Crippen LogP contribution in [0.3, 0.4) is 0 Å². The molecule has 0 saturated carbocycles. The first-order valence-corrected chi connectivity index (χ1v) is 1.99. The summed E-state index contributed by atoms with van der Waals surface area (Å²) in [4.78, 5) is 0. The van der Waals surface area contributed by atoms with Crippen molar-refractivity contribution >= 4 is 23.6 Å². The summed E-state index contributed by atoms with van der Waals surface area (Å²) >= 11 is 0. The molecule has 0 fully saturated rings. The first kappa shape index (κ1) is 6.44. The summed E-state index contributed by atoms with van der Waals surface area (Å²) in [5, 5.41) is 15.8. The highest BCUT2D eigenvalue weighted by molar-refractivity contribution is 7.58. The quantitative estimate of drug-likeness (QED) is 0.327. The fourth-order valence-corrected chi connectivity index (χ4v) is 0.133. The van der Waals surface area contributed by atoms with E-state index < -0.39 is 6.84 Å². The average Bonchev–Trinajstić information content (AvgIpc) is 1.35. The van der Waals surface area contributed by atoms with Crippen molar-refractivity contribution in [3.8, 4) is 0 Å². The zero-order valence-corrected chi connectivity index (χ0v) is 4.19. The SMILES string of the molecule is O[B]OB(O)P. The van der Waals surface area contributed by atoms with Gasteiger partial charge in [0.05, 0.1) is 0 Å². The highest BCUT2D eigenvalue weighted by Crippen LogP contribution is 1.85. The van der Waals surface area contributed by atoms with Gasteiger partial charge in [0.2, 0.25) is 0 Å². The minimum Gasteiger partial charge on any atom is -0.450 e. The third-order valence-corrected chi connectivity index (χ3v) is 0.357. The molecular formula is H4B2O3P. The van der Waals surface area contributed by atoms with Crippen molar-refractivity contribution in [3.63, 3.8) is 0 Å². The van der Waals surface area contributed by atoms with Gasteiger partial charge in [0.25, 0.3) is 0 Å². The van der Waals surface area contributed by atoms with Crippen LogP contribution >= 0.6 is 9.12 Å². The minimum absolute atomic E-state index is 0.428. The normalized spacial score (nSPS) is 7.83. The molecule has 0 aromatic heterocycles. The van der Waals surface area contributed by atoms with Crippen molar-refractivity contribution < 1.29 is 14.6 Å². The highest BCUT2D eigenvalue weighted by Gasteiger charge is 2.00. The summed E-state index contributed by atoms with van der Waals surface area (Å²) in [5.41, 5.74) is 0. The van der Waals surface area contributed by atoms with E-state index in [4.69, 9.17) is 10.0 Å². The molecule has 1 atom stereocenters. The van der Waals surface area contributed by atoms with Gasteiger partial charge in [-0.2, -0.15) is 0 Å². The zero-order chi connectivity index (χ0) is 4.99. The highest BCUT2D eigenvalue weighted by atomic mass is 31.0. The Hall–Kier alpha value is 0.440. The van der Waals surface area contributed by atoms with Crippen LogP contribution in [0.25, 0.3) is 0 Å². The largest absolute Gasteiger partial charge is 0.470 e. The van der Waals surface area contributed by atoms with E-state index in [0.717, 1.165) is 0 Å². The molecule has 0 aromatic rings. The zero-order valence-electron chi connectivity index (χ0n) is 3.03. The van der Waals surface area contributed by atoms with Crippen LogP contribution in [-0.2, 0) is 4.57 Å². The molecule has 3 nitrogen and oxygen atoms in total. The van der Waals surface area contributed by atoms with E-state index in [2.05, 4.69) is 4.57 Å². The lowest BCUT2D eigenvalue weighted by atomic mass is 10.3. The van der Waals surface area contributed by atoms with Gasteiger partial charge < -0.3 is 14.6 Å². The molecule has 1 unspecified atom stereocenters. The summed E-state index contributed by atoms with van der Waals surface area (Å²) in [6, 6.07) is 0. The monoisotopic (exact) mass is 105 g/mol. The maximum absolute atomic E-state index is 8.10. The fourth-order valence-electron chi connectivity index (χ4n) is 0.0624. The lowest BCUT2D eigenvalue weighted by Gasteiger charge is -1.91. The van der Waals surface area contributed by atoms with Crippen LogP contribution in [-0.4, -0.2) is 24.6 Å². The molecule has 1 radical (unpaired) electrons. The molecule has 6 heteroatoms. The van der Waals surface area contributed by atoms with Crippen molar-refractivity contribution in [3.05, 3.63) is 0 Å². The summed E-state index contributed by atoms with van der Waals surface area (Å²) in [7, 11) is 2.35. The Bertz CT molecular complexity index is 30.0. The first-order chi connectivity index (χ1) is 2.77. The number of hydrogen-bond acceptors (Lipinski definition) is 3. The van der Waals surface area contributed by atoms with Crippen molar-refractivity contribution in [1.29, 1.82) is 0 Å². The van der Waals surface area contributed by atoms with Gasteiger partial charge in [-0.1, -0.05) is 0 Å². The van der Waals surface area contributed by atoms with Crippen molar-refractivity contribution in [2.24, 2.45) is 0 Å². The van der Waals surface area contributed by atoms with Crippen LogP contribution in [0.5, 0.6) is 0 Å². The van der Waals surface area contributed by atoms with Gasteiger partial charge in [-0.3, -0.25) is 0 Å². The van der Waals surface area contributed by atoms with Gasteiger partial charge in [-0.25, -0.2) is 0 Å². The van der Waals surface area contributed by atoms with Crippen molar-refractivity contribution in [1.82, 2.24) is 0 Å². The molecule has 2 N–H and O–H groups in total. The van der Waals surface area contributed by atoms with E-state index in [1.165, 1.54) is 0 Å². The van der Waals surface area contributed by atoms with Gasteiger partial charge in [0.15, 0.2) is 0 Å². The van der Waals surface area contributed by atoms with Gasteiger partial charge >= 0.3 is 14.5 Å². The molecular weight excluding hydrogens is 101 g/mol. The van der Waals surface area contributed by atoms with E-state index in [1.54, 1.807) is 0 Å². The first-order valence-electron chi connectivity index (χ1n) is 1.32. The van der Waals surface area contributed by atoms with Gasteiger partial charge in [0, 0.05) is 0 Å². The van der Waals surface area contributed by atoms with Crippen molar-refractivity contribution in [2.75, 3.05) is 0 Å². The fraction of sp³-hybridized carbons (Fsp3) is 0.